The second kappa shape index (κ2) is 7.10. The van der Waals surface area contributed by atoms with Crippen LogP contribution in [-0.2, 0) is 4.74 Å². The van der Waals surface area contributed by atoms with E-state index in [9.17, 15) is 14.0 Å². The highest BCUT2D eigenvalue weighted by atomic mass is 35.5. The molecule has 2 amide bonds. The van der Waals surface area contributed by atoms with Crippen molar-refractivity contribution in [1.29, 1.82) is 0 Å². The van der Waals surface area contributed by atoms with Gasteiger partial charge in [0.05, 0.1) is 17.2 Å². The third-order valence-electron chi connectivity index (χ3n) is 2.84. The Hall–Kier alpha value is -2.61. The molecule has 2 N–H and O–H groups in total. The largest absolute Gasteiger partial charge is 0.449 e. The van der Waals surface area contributed by atoms with Crippen molar-refractivity contribution in [1.82, 2.24) is 16.0 Å². The normalized spacial score (nSPS) is 10.3. The molecule has 2 rings (SSSR count). The number of halogens is 2. The van der Waals surface area contributed by atoms with Crippen LogP contribution in [0.4, 0.5) is 9.18 Å². The average Bonchev–Trinajstić information content (AvgIpc) is 2.87. The highest BCUT2D eigenvalue weighted by Gasteiger charge is 2.25. The highest BCUT2D eigenvalue weighted by Crippen LogP contribution is 2.33. The van der Waals surface area contributed by atoms with Gasteiger partial charge in [-0.1, -0.05) is 22.8 Å². The first-order valence-corrected chi connectivity index (χ1v) is 6.97. The topological polar surface area (TPSA) is 93.5 Å². The fourth-order valence-electron chi connectivity index (χ4n) is 1.87. The third-order valence-corrected chi connectivity index (χ3v) is 3.16. The first kappa shape index (κ1) is 16.8. The van der Waals surface area contributed by atoms with Crippen LogP contribution in [0.5, 0.6) is 0 Å². The van der Waals surface area contributed by atoms with Crippen molar-refractivity contribution in [2.75, 3.05) is 6.61 Å². The van der Waals surface area contributed by atoms with Gasteiger partial charge in [0.25, 0.3) is 5.91 Å². The summed E-state index contributed by atoms with van der Waals surface area (Å²) in [6.45, 7) is 3.23. The molecule has 1 heterocycles. The Labute approximate surface area is 135 Å². The van der Waals surface area contributed by atoms with Crippen molar-refractivity contribution in [2.24, 2.45) is 0 Å². The van der Waals surface area contributed by atoms with Gasteiger partial charge in [-0.3, -0.25) is 10.2 Å². The van der Waals surface area contributed by atoms with Gasteiger partial charge in [0.1, 0.15) is 22.8 Å². The Balaban J connectivity index is 2.32. The van der Waals surface area contributed by atoms with E-state index >= 15 is 0 Å². The average molecular weight is 342 g/mol. The lowest BCUT2D eigenvalue weighted by Gasteiger charge is -2.08. The number of amides is 2. The molecule has 9 heteroatoms. The fraction of sp³-hybridized carbons (Fsp3) is 0.214. The second-order valence-corrected chi connectivity index (χ2v) is 4.77. The number of aryl methyl sites for hydroxylation is 1. The number of ether oxygens (including phenoxy) is 1. The molecule has 7 nitrogen and oxygen atoms in total. The van der Waals surface area contributed by atoms with Crippen LogP contribution in [0.25, 0.3) is 11.3 Å². The van der Waals surface area contributed by atoms with Gasteiger partial charge < -0.3 is 9.26 Å². The first-order valence-electron chi connectivity index (χ1n) is 6.59. The Kier molecular flexibility index (Phi) is 5.17. The quantitative estimate of drug-likeness (QED) is 0.837. The van der Waals surface area contributed by atoms with E-state index in [-0.39, 0.29) is 34.2 Å². The maximum absolute atomic E-state index is 14.0. The van der Waals surface area contributed by atoms with Crippen molar-refractivity contribution in [2.45, 2.75) is 13.8 Å². The van der Waals surface area contributed by atoms with Crippen LogP contribution < -0.4 is 10.9 Å². The summed E-state index contributed by atoms with van der Waals surface area (Å²) in [6, 6.07) is 4.07. The van der Waals surface area contributed by atoms with E-state index < -0.39 is 17.8 Å². The Bertz CT molecular complexity index is 727. The predicted octanol–water partition coefficient (Wildman–Crippen LogP) is 2.83. The summed E-state index contributed by atoms with van der Waals surface area (Å²) in [4.78, 5) is 23.4. The molecular weight excluding hydrogens is 329 g/mol. The molecule has 0 saturated carbocycles. The number of nitrogens with zero attached hydrogens (tertiary/aromatic N) is 1. The van der Waals surface area contributed by atoms with E-state index in [1.165, 1.54) is 25.1 Å². The zero-order chi connectivity index (χ0) is 17.0. The molecule has 0 aliphatic carbocycles. The molecule has 0 spiro atoms. The van der Waals surface area contributed by atoms with Gasteiger partial charge in [0, 0.05) is 0 Å². The summed E-state index contributed by atoms with van der Waals surface area (Å²) in [5.41, 5.74) is 4.01. The lowest BCUT2D eigenvalue weighted by atomic mass is 10.1. The lowest BCUT2D eigenvalue weighted by Crippen LogP contribution is -2.42. The van der Waals surface area contributed by atoms with Crippen molar-refractivity contribution >= 4 is 23.6 Å². The van der Waals surface area contributed by atoms with Crippen LogP contribution in [0.1, 0.15) is 23.0 Å². The molecule has 0 unspecified atom stereocenters. The molecule has 2 aromatic rings. The van der Waals surface area contributed by atoms with Gasteiger partial charge in [0.15, 0.2) is 0 Å². The van der Waals surface area contributed by atoms with Crippen LogP contribution in [0.2, 0.25) is 5.02 Å². The molecule has 0 bridgehead atoms. The minimum absolute atomic E-state index is 0.0474. The van der Waals surface area contributed by atoms with E-state index in [4.69, 9.17) is 16.1 Å². The Morgan fingerprint density at radius 3 is 2.78 bits per heavy atom. The van der Waals surface area contributed by atoms with Crippen molar-refractivity contribution < 1.29 is 23.2 Å². The Morgan fingerprint density at radius 1 is 1.39 bits per heavy atom. The van der Waals surface area contributed by atoms with E-state index in [0.717, 1.165) is 0 Å². The van der Waals surface area contributed by atoms with Gasteiger partial charge in [-0.2, -0.15) is 0 Å². The summed E-state index contributed by atoms with van der Waals surface area (Å²) < 4.78 is 23.6. The van der Waals surface area contributed by atoms with Crippen LogP contribution >= 0.6 is 11.6 Å². The second-order valence-electron chi connectivity index (χ2n) is 4.36. The zero-order valence-corrected chi connectivity index (χ0v) is 13.0. The Morgan fingerprint density at radius 2 is 2.13 bits per heavy atom. The lowest BCUT2D eigenvalue weighted by molar-refractivity contribution is 0.0911. The number of benzene rings is 1. The zero-order valence-electron chi connectivity index (χ0n) is 12.3. The molecule has 0 aliphatic rings. The van der Waals surface area contributed by atoms with Crippen LogP contribution in [-0.4, -0.2) is 23.8 Å². The van der Waals surface area contributed by atoms with Gasteiger partial charge in [0.2, 0.25) is 0 Å². The van der Waals surface area contributed by atoms with E-state index in [1.54, 1.807) is 6.92 Å². The first-order chi connectivity index (χ1) is 11.0. The molecule has 0 atom stereocenters. The monoisotopic (exact) mass is 341 g/mol. The number of carbonyl (C=O) groups excluding carboxylic acids is 2. The van der Waals surface area contributed by atoms with Gasteiger partial charge >= 0.3 is 6.09 Å². The third kappa shape index (κ3) is 3.59. The van der Waals surface area contributed by atoms with Gasteiger partial charge in [-0.25, -0.2) is 14.6 Å². The molecule has 1 aromatic carbocycles. The SMILES string of the molecule is CCOC(=O)NNC(=O)c1c(-c2c(F)cccc2Cl)noc1C. The van der Waals surface area contributed by atoms with Gasteiger partial charge in [-0.05, 0) is 26.0 Å². The summed E-state index contributed by atoms with van der Waals surface area (Å²) in [5, 5.41) is 3.76. The maximum Gasteiger partial charge on any atom is 0.426 e. The van der Waals surface area contributed by atoms with Crippen molar-refractivity contribution in [3.8, 4) is 11.3 Å². The minimum atomic E-state index is -0.833. The molecular formula is C14H13ClFN3O4. The van der Waals surface area contributed by atoms with E-state index in [1.807, 2.05) is 5.43 Å². The number of hydrazine groups is 1. The van der Waals surface area contributed by atoms with Crippen LogP contribution in [0.15, 0.2) is 22.7 Å². The summed E-state index contributed by atoms with van der Waals surface area (Å²) in [6.07, 6.45) is -0.833. The molecule has 1 aromatic heterocycles. The van der Waals surface area contributed by atoms with E-state index in [0.29, 0.717) is 0 Å². The molecule has 0 saturated heterocycles. The molecule has 0 aliphatic heterocycles. The number of nitrogens with one attached hydrogen (secondary N) is 2. The smallest absolute Gasteiger partial charge is 0.426 e. The molecule has 122 valence electrons. The number of hydrogen-bond acceptors (Lipinski definition) is 5. The molecule has 0 radical (unpaired) electrons. The van der Waals surface area contributed by atoms with Gasteiger partial charge in [-0.15, -0.1) is 0 Å². The number of aromatic nitrogens is 1. The highest BCUT2D eigenvalue weighted by molar-refractivity contribution is 6.33. The van der Waals surface area contributed by atoms with Crippen LogP contribution in [0.3, 0.4) is 0 Å². The predicted molar refractivity (Wildman–Crippen MR) is 79.3 cm³/mol. The minimum Gasteiger partial charge on any atom is -0.449 e. The number of carbonyl (C=O) groups is 2. The summed E-state index contributed by atoms with van der Waals surface area (Å²) in [5.74, 6) is -1.26. The number of rotatable bonds is 3. The summed E-state index contributed by atoms with van der Waals surface area (Å²) >= 11 is 5.98. The summed E-state index contributed by atoms with van der Waals surface area (Å²) in [7, 11) is 0. The van der Waals surface area contributed by atoms with E-state index in [2.05, 4.69) is 15.3 Å². The van der Waals surface area contributed by atoms with Crippen LogP contribution in [0, 0.1) is 12.7 Å². The number of hydrogen-bond donors (Lipinski definition) is 2. The molecule has 23 heavy (non-hydrogen) atoms. The van der Waals surface area contributed by atoms with Crippen molar-refractivity contribution in [3.63, 3.8) is 0 Å². The van der Waals surface area contributed by atoms with Crippen molar-refractivity contribution in [3.05, 3.63) is 40.4 Å². The standard InChI is InChI=1S/C14H13ClFN3O4/c1-3-22-14(21)18-17-13(20)10-7(2)23-19-12(10)11-8(15)5-4-6-9(11)16/h4-6H,3H2,1-2H3,(H,17,20)(H,18,21). The fourth-order valence-corrected chi connectivity index (χ4v) is 2.12. The maximum atomic E-state index is 14.0. The molecule has 0 fully saturated rings.